The molecule has 2 aromatic rings. The third-order valence-electron chi connectivity index (χ3n) is 6.29. The van der Waals surface area contributed by atoms with Crippen molar-refractivity contribution >= 4 is 30.3 Å². The third kappa shape index (κ3) is 3.45. The lowest BCUT2D eigenvalue weighted by atomic mass is 9.73. The van der Waals surface area contributed by atoms with E-state index in [9.17, 15) is 15.0 Å². The molecule has 4 rings (SSSR count). The predicted octanol–water partition coefficient (Wildman–Crippen LogP) is 2.62. The number of amides is 1. The number of hydrogen-bond acceptors (Lipinski definition) is 6. The summed E-state index contributed by atoms with van der Waals surface area (Å²) in [4.78, 5) is 15.6. The van der Waals surface area contributed by atoms with Crippen LogP contribution in [-0.4, -0.2) is 46.2 Å². The molecule has 8 nitrogen and oxygen atoms in total. The second-order valence-corrected chi connectivity index (χ2v) is 9.14. The largest absolute Gasteiger partial charge is 0.496 e. The van der Waals surface area contributed by atoms with E-state index in [1.807, 2.05) is 27.7 Å². The normalized spacial score (nSPS) is 25.7. The van der Waals surface area contributed by atoms with E-state index in [0.717, 1.165) is 0 Å². The van der Waals surface area contributed by atoms with Gasteiger partial charge in [0.15, 0.2) is 5.60 Å². The molecule has 0 bridgehead atoms. The van der Waals surface area contributed by atoms with Crippen LogP contribution in [0, 0.1) is 0 Å². The summed E-state index contributed by atoms with van der Waals surface area (Å²) in [5, 5.41) is 23.4. The average molecular weight is 447 g/mol. The molecule has 1 saturated heterocycles. The Labute approximate surface area is 185 Å². The number of pyridine rings is 1. The van der Waals surface area contributed by atoms with Gasteiger partial charge in [0.05, 0.1) is 23.4 Å². The van der Waals surface area contributed by atoms with E-state index in [1.54, 1.807) is 36.5 Å². The van der Waals surface area contributed by atoms with Gasteiger partial charge in [0.2, 0.25) is 0 Å². The van der Waals surface area contributed by atoms with Crippen LogP contribution in [0.4, 0.5) is 4.79 Å². The molecule has 1 aromatic carbocycles. The van der Waals surface area contributed by atoms with Crippen molar-refractivity contribution in [2.75, 3.05) is 6.54 Å². The molecule has 0 radical (unpaired) electrons. The highest BCUT2D eigenvalue weighted by Gasteiger charge is 2.57. The standard InChI is InChI=1S/C21H24BClN2O6/c1-19(2)20(3,4)31-22(30-19)16-12(23)8-9-13-15(16)17(26)21(29-13,11-25-18(27)28)14-7-5-6-10-24-14/h5-10,17,25-26H,11H2,1-4H3,(H,27,28)/t17-,21+/m0/s1. The zero-order valence-electron chi connectivity index (χ0n) is 17.7. The van der Waals surface area contributed by atoms with Gasteiger partial charge in [-0.3, -0.25) is 4.98 Å². The Balaban J connectivity index is 1.83. The molecule has 0 unspecified atom stereocenters. The van der Waals surface area contributed by atoms with Crippen LogP contribution in [0.2, 0.25) is 5.02 Å². The Bertz CT molecular complexity index is 1000. The average Bonchev–Trinajstić information content (AvgIpc) is 3.11. The minimum atomic E-state index is -1.48. The summed E-state index contributed by atoms with van der Waals surface area (Å²) in [6.45, 7) is 7.46. The first-order chi connectivity index (χ1) is 14.5. The van der Waals surface area contributed by atoms with Gasteiger partial charge >= 0.3 is 13.2 Å². The molecule has 0 saturated carbocycles. The number of nitrogens with one attached hydrogen (secondary N) is 1. The zero-order chi connectivity index (χ0) is 22.6. The molecule has 31 heavy (non-hydrogen) atoms. The minimum Gasteiger partial charge on any atom is -0.476 e. The highest BCUT2D eigenvalue weighted by molar-refractivity contribution is 6.66. The molecule has 2 atom stereocenters. The summed E-state index contributed by atoms with van der Waals surface area (Å²) in [6.07, 6.45) is -0.970. The Morgan fingerprint density at radius 3 is 2.45 bits per heavy atom. The first-order valence-corrected chi connectivity index (χ1v) is 10.3. The third-order valence-corrected chi connectivity index (χ3v) is 6.62. The van der Waals surface area contributed by atoms with Crippen molar-refractivity contribution in [2.24, 2.45) is 0 Å². The van der Waals surface area contributed by atoms with Crippen LogP contribution in [0.1, 0.15) is 45.1 Å². The monoisotopic (exact) mass is 446 g/mol. The van der Waals surface area contributed by atoms with Crippen molar-refractivity contribution in [3.05, 3.63) is 52.8 Å². The highest BCUT2D eigenvalue weighted by atomic mass is 35.5. The number of aliphatic hydroxyl groups is 1. The maximum atomic E-state index is 11.5. The lowest BCUT2D eigenvalue weighted by Gasteiger charge is -2.32. The van der Waals surface area contributed by atoms with E-state index in [0.29, 0.717) is 27.5 Å². The molecule has 2 aliphatic heterocycles. The summed E-state index contributed by atoms with van der Waals surface area (Å²) >= 11 is 6.55. The van der Waals surface area contributed by atoms with Crippen LogP contribution < -0.4 is 15.5 Å². The summed E-state index contributed by atoms with van der Waals surface area (Å²) in [6, 6.07) is 8.43. The van der Waals surface area contributed by atoms with Gasteiger partial charge in [-0.25, -0.2) is 4.79 Å². The summed E-state index contributed by atoms with van der Waals surface area (Å²) in [5.74, 6) is 0.361. The first-order valence-electron chi connectivity index (χ1n) is 9.92. The van der Waals surface area contributed by atoms with Crippen molar-refractivity contribution in [2.45, 2.75) is 50.6 Å². The van der Waals surface area contributed by atoms with E-state index in [4.69, 9.17) is 25.6 Å². The number of halogens is 1. The van der Waals surface area contributed by atoms with Gasteiger partial charge < -0.3 is 29.6 Å². The topological polar surface area (TPSA) is 110 Å². The van der Waals surface area contributed by atoms with Gasteiger partial charge in [-0.2, -0.15) is 0 Å². The van der Waals surface area contributed by atoms with Crippen LogP contribution in [0.25, 0.3) is 0 Å². The van der Waals surface area contributed by atoms with Crippen LogP contribution in [0.15, 0.2) is 36.5 Å². The van der Waals surface area contributed by atoms with Gasteiger partial charge in [0.1, 0.15) is 11.9 Å². The molecular weight excluding hydrogens is 423 g/mol. The van der Waals surface area contributed by atoms with Crippen molar-refractivity contribution < 1.29 is 29.1 Å². The number of benzene rings is 1. The smallest absolute Gasteiger partial charge is 0.476 e. The number of aliphatic hydroxyl groups excluding tert-OH is 1. The lowest BCUT2D eigenvalue weighted by Crippen LogP contribution is -2.47. The Morgan fingerprint density at radius 2 is 1.87 bits per heavy atom. The molecular formula is C21H24BClN2O6. The summed E-state index contributed by atoms with van der Waals surface area (Å²) < 4.78 is 18.6. The molecule has 3 N–H and O–H groups in total. The fraction of sp³-hybridized carbons (Fsp3) is 0.429. The molecule has 3 heterocycles. The lowest BCUT2D eigenvalue weighted by molar-refractivity contribution is -0.0337. The van der Waals surface area contributed by atoms with Gasteiger partial charge in [-0.05, 0) is 52.0 Å². The summed E-state index contributed by atoms with van der Waals surface area (Å²) in [5.41, 5.74) is -1.48. The maximum Gasteiger partial charge on any atom is 0.496 e. The molecule has 1 aromatic heterocycles. The number of carboxylic acid groups (broad SMARTS) is 1. The van der Waals surface area contributed by atoms with E-state index in [2.05, 4.69) is 10.3 Å². The van der Waals surface area contributed by atoms with Crippen LogP contribution >= 0.6 is 11.6 Å². The molecule has 1 amide bonds. The van der Waals surface area contributed by atoms with E-state index >= 15 is 0 Å². The summed E-state index contributed by atoms with van der Waals surface area (Å²) in [7, 11) is -0.835. The SMILES string of the molecule is CC1(C)OB(c2c(Cl)ccc3c2[C@H](O)[C@@](CNC(=O)O)(c2ccccn2)O3)OC1(C)C. The molecule has 2 aliphatic rings. The van der Waals surface area contributed by atoms with Crippen molar-refractivity contribution in [3.63, 3.8) is 0 Å². The number of hydrogen-bond donors (Lipinski definition) is 3. The Morgan fingerprint density at radius 1 is 1.19 bits per heavy atom. The number of aromatic nitrogens is 1. The predicted molar refractivity (Wildman–Crippen MR) is 115 cm³/mol. The van der Waals surface area contributed by atoms with Gasteiger partial charge in [0, 0.05) is 22.2 Å². The quantitative estimate of drug-likeness (QED) is 0.619. The number of nitrogens with zero attached hydrogens (tertiary/aromatic N) is 1. The Hall–Kier alpha value is -2.33. The highest BCUT2D eigenvalue weighted by Crippen LogP contribution is 2.49. The van der Waals surface area contributed by atoms with E-state index in [-0.39, 0.29) is 6.54 Å². The van der Waals surface area contributed by atoms with Crippen LogP contribution in [0.5, 0.6) is 5.75 Å². The number of rotatable bonds is 4. The minimum absolute atomic E-state index is 0.227. The fourth-order valence-electron chi connectivity index (χ4n) is 3.88. The van der Waals surface area contributed by atoms with E-state index < -0.39 is 36.1 Å². The number of carbonyl (C=O) groups is 1. The zero-order valence-corrected chi connectivity index (χ0v) is 18.4. The number of ether oxygens (including phenoxy) is 1. The fourth-order valence-corrected chi connectivity index (χ4v) is 4.14. The van der Waals surface area contributed by atoms with Crippen molar-refractivity contribution in [1.82, 2.24) is 10.3 Å². The molecule has 0 aliphatic carbocycles. The van der Waals surface area contributed by atoms with Gasteiger partial charge in [-0.1, -0.05) is 17.7 Å². The maximum absolute atomic E-state index is 11.5. The molecule has 10 heteroatoms. The number of fused-ring (bicyclic) bond motifs is 1. The van der Waals surface area contributed by atoms with Crippen molar-refractivity contribution in [1.29, 1.82) is 0 Å². The van der Waals surface area contributed by atoms with Gasteiger partial charge in [-0.15, -0.1) is 0 Å². The molecule has 1 fully saturated rings. The molecule has 0 spiro atoms. The second kappa shape index (κ2) is 7.37. The second-order valence-electron chi connectivity index (χ2n) is 8.73. The van der Waals surface area contributed by atoms with E-state index in [1.165, 1.54) is 0 Å². The Kier molecular flexibility index (Phi) is 5.21. The van der Waals surface area contributed by atoms with Crippen LogP contribution in [-0.2, 0) is 14.9 Å². The first kappa shape index (κ1) is 21.9. The van der Waals surface area contributed by atoms with Gasteiger partial charge in [0.25, 0.3) is 0 Å². The molecule has 164 valence electrons. The van der Waals surface area contributed by atoms with Crippen molar-refractivity contribution in [3.8, 4) is 5.75 Å². The van der Waals surface area contributed by atoms with Crippen LogP contribution in [0.3, 0.4) is 0 Å².